The molecule has 3 aromatic carbocycles. The van der Waals surface area contributed by atoms with Gasteiger partial charge in [-0.3, -0.25) is 0 Å². The maximum absolute atomic E-state index is 4.83. The third-order valence-corrected chi connectivity index (χ3v) is 4.01. The average Bonchev–Trinajstić information content (AvgIpc) is 2.60. The Morgan fingerprint density at radius 3 is 2.32 bits per heavy atom. The van der Waals surface area contributed by atoms with Gasteiger partial charge in [-0.05, 0) is 16.8 Å². The Morgan fingerprint density at radius 1 is 0.727 bits per heavy atom. The van der Waals surface area contributed by atoms with E-state index in [1.165, 1.54) is 16.3 Å². The van der Waals surface area contributed by atoms with E-state index in [2.05, 4.69) is 66.5 Å². The molecule has 0 saturated carbocycles. The highest BCUT2D eigenvalue weighted by Gasteiger charge is 2.11. The lowest BCUT2D eigenvalue weighted by atomic mass is 9.99. The van der Waals surface area contributed by atoms with E-state index in [0.29, 0.717) is 0 Å². The first-order valence-corrected chi connectivity index (χ1v) is 7.60. The number of benzene rings is 3. The molecule has 0 unspecified atom stereocenters. The Balaban J connectivity index is 2.12. The van der Waals surface area contributed by atoms with Crippen LogP contribution in [0.3, 0.4) is 0 Å². The van der Waals surface area contributed by atoms with Crippen molar-refractivity contribution in [3.63, 3.8) is 0 Å². The van der Waals surface area contributed by atoms with Gasteiger partial charge >= 0.3 is 0 Å². The normalized spacial score (nSPS) is 11.1. The molecule has 106 valence electrons. The summed E-state index contributed by atoms with van der Waals surface area (Å²) in [6.07, 6.45) is 0.836. The number of fused-ring (bicyclic) bond motifs is 2. The summed E-state index contributed by atoms with van der Waals surface area (Å²) >= 11 is 0. The van der Waals surface area contributed by atoms with Crippen LogP contribution in [0.2, 0.25) is 0 Å². The van der Waals surface area contributed by atoms with Gasteiger partial charge in [0, 0.05) is 17.4 Å². The molecule has 0 aliphatic carbocycles. The van der Waals surface area contributed by atoms with Crippen molar-refractivity contribution < 1.29 is 0 Å². The van der Waals surface area contributed by atoms with Crippen LogP contribution in [0.15, 0.2) is 66.7 Å². The molecule has 4 rings (SSSR count). The van der Waals surface area contributed by atoms with E-state index in [0.717, 1.165) is 28.8 Å². The molecule has 1 heterocycles. The molecule has 0 aliphatic heterocycles. The van der Waals surface area contributed by atoms with Crippen LogP contribution in [0.5, 0.6) is 0 Å². The SMILES string of the molecule is CCc1nc(-c2cccc3ccccc23)c2ccccc2n1. The maximum atomic E-state index is 4.83. The molecule has 0 atom stereocenters. The molecule has 0 bridgehead atoms. The summed E-state index contributed by atoms with van der Waals surface area (Å²) < 4.78 is 0. The van der Waals surface area contributed by atoms with Gasteiger partial charge < -0.3 is 0 Å². The number of hydrogen-bond donors (Lipinski definition) is 0. The number of nitrogens with zero attached hydrogens (tertiary/aromatic N) is 2. The zero-order valence-electron chi connectivity index (χ0n) is 12.5. The van der Waals surface area contributed by atoms with E-state index in [1.807, 2.05) is 12.1 Å². The molecule has 0 saturated heterocycles. The number of aryl methyl sites for hydroxylation is 1. The van der Waals surface area contributed by atoms with E-state index in [-0.39, 0.29) is 0 Å². The van der Waals surface area contributed by atoms with Gasteiger partial charge in [-0.25, -0.2) is 9.97 Å². The Labute approximate surface area is 129 Å². The molecule has 2 heteroatoms. The van der Waals surface area contributed by atoms with Gasteiger partial charge in [0.15, 0.2) is 0 Å². The first-order valence-electron chi connectivity index (χ1n) is 7.60. The molecule has 0 fully saturated rings. The first kappa shape index (κ1) is 13.0. The fraction of sp³-hybridized carbons (Fsp3) is 0.100. The van der Waals surface area contributed by atoms with Crippen LogP contribution in [0.25, 0.3) is 32.9 Å². The fourth-order valence-electron chi connectivity index (χ4n) is 2.92. The Kier molecular flexibility index (Phi) is 3.08. The number of hydrogen-bond acceptors (Lipinski definition) is 2. The van der Waals surface area contributed by atoms with Crippen LogP contribution >= 0.6 is 0 Å². The fourth-order valence-corrected chi connectivity index (χ4v) is 2.92. The summed E-state index contributed by atoms with van der Waals surface area (Å²) in [4.78, 5) is 9.48. The number of aromatic nitrogens is 2. The zero-order chi connectivity index (χ0) is 14.9. The van der Waals surface area contributed by atoms with Crippen LogP contribution in [0.1, 0.15) is 12.7 Å². The van der Waals surface area contributed by atoms with E-state index in [1.54, 1.807) is 0 Å². The lowest BCUT2D eigenvalue weighted by Gasteiger charge is -2.10. The standard InChI is InChI=1S/C20H16N2/c1-2-19-21-18-13-6-5-11-17(18)20(22-19)16-12-7-9-14-8-3-4-10-15(14)16/h3-13H,2H2,1H3. The lowest BCUT2D eigenvalue weighted by Crippen LogP contribution is -1.97. The summed E-state index contributed by atoms with van der Waals surface area (Å²) in [5, 5.41) is 3.58. The van der Waals surface area contributed by atoms with Gasteiger partial charge in [0.2, 0.25) is 0 Å². The Bertz CT molecular complexity index is 968. The predicted octanol–water partition coefficient (Wildman–Crippen LogP) is 5.01. The topological polar surface area (TPSA) is 25.8 Å². The average molecular weight is 284 g/mol. The Hall–Kier alpha value is -2.74. The van der Waals surface area contributed by atoms with Crippen molar-refractivity contribution in [1.82, 2.24) is 9.97 Å². The molecule has 22 heavy (non-hydrogen) atoms. The minimum Gasteiger partial charge on any atom is -0.233 e. The largest absolute Gasteiger partial charge is 0.233 e. The van der Waals surface area contributed by atoms with E-state index < -0.39 is 0 Å². The second-order valence-electron chi connectivity index (χ2n) is 5.39. The molecule has 2 nitrogen and oxygen atoms in total. The van der Waals surface area contributed by atoms with Gasteiger partial charge in [0.25, 0.3) is 0 Å². The van der Waals surface area contributed by atoms with E-state index in [9.17, 15) is 0 Å². The van der Waals surface area contributed by atoms with Crippen molar-refractivity contribution in [2.75, 3.05) is 0 Å². The predicted molar refractivity (Wildman–Crippen MR) is 91.9 cm³/mol. The maximum Gasteiger partial charge on any atom is 0.129 e. The monoisotopic (exact) mass is 284 g/mol. The van der Waals surface area contributed by atoms with Crippen molar-refractivity contribution in [1.29, 1.82) is 0 Å². The second kappa shape index (κ2) is 5.23. The van der Waals surface area contributed by atoms with Crippen LogP contribution in [0, 0.1) is 0 Å². The van der Waals surface area contributed by atoms with Crippen molar-refractivity contribution >= 4 is 21.7 Å². The highest BCUT2D eigenvalue weighted by molar-refractivity contribution is 6.02. The molecule has 0 N–H and O–H groups in total. The van der Waals surface area contributed by atoms with Crippen LogP contribution < -0.4 is 0 Å². The molecular formula is C20H16N2. The molecular weight excluding hydrogens is 268 g/mol. The molecule has 0 aliphatic rings. The van der Waals surface area contributed by atoms with Crippen molar-refractivity contribution in [3.8, 4) is 11.3 Å². The third-order valence-electron chi connectivity index (χ3n) is 4.01. The number of rotatable bonds is 2. The summed E-state index contributed by atoms with van der Waals surface area (Å²) in [6.45, 7) is 2.09. The molecule has 1 aromatic heterocycles. The van der Waals surface area contributed by atoms with Crippen molar-refractivity contribution in [2.24, 2.45) is 0 Å². The second-order valence-corrected chi connectivity index (χ2v) is 5.39. The molecule has 4 aromatic rings. The van der Waals surface area contributed by atoms with Gasteiger partial charge in [0.05, 0.1) is 11.2 Å². The molecule has 0 amide bonds. The quantitative estimate of drug-likeness (QED) is 0.517. The van der Waals surface area contributed by atoms with Crippen molar-refractivity contribution in [3.05, 3.63) is 72.6 Å². The van der Waals surface area contributed by atoms with Gasteiger partial charge in [-0.2, -0.15) is 0 Å². The minimum atomic E-state index is 0.836. The first-order chi connectivity index (χ1) is 10.9. The summed E-state index contributed by atoms with van der Waals surface area (Å²) in [7, 11) is 0. The molecule has 0 radical (unpaired) electrons. The van der Waals surface area contributed by atoms with Gasteiger partial charge in [-0.15, -0.1) is 0 Å². The van der Waals surface area contributed by atoms with Gasteiger partial charge in [-0.1, -0.05) is 67.6 Å². The Morgan fingerprint density at radius 2 is 1.45 bits per heavy atom. The minimum absolute atomic E-state index is 0.836. The smallest absolute Gasteiger partial charge is 0.129 e. The highest BCUT2D eigenvalue weighted by Crippen LogP contribution is 2.31. The van der Waals surface area contributed by atoms with Crippen molar-refractivity contribution in [2.45, 2.75) is 13.3 Å². The summed E-state index contributed by atoms with van der Waals surface area (Å²) in [5.41, 5.74) is 3.21. The van der Waals surface area contributed by atoms with Crippen LogP contribution in [-0.2, 0) is 6.42 Å². The van der Waals surface area contributed by atoms with Gasteiger partial charge in [0.1, 0.15) is 5.82 Å². The zero-order valence-corrected chi connectivity index (χ0v) is 12.5. The van der Waals surface area contributed by atoms with E-state index in [4.69, 9.17) is 4.98 Å². The lowest BCUT2D eigenvalue weighted by molar-refractivity contribution is 0.964. The van der Waals surface area contributed by atoms with Crippen LogP contribution in [-0.4, -0.2) is 9.97 Å². The summed E-state index contributed by atoms with van der Waals surface area (Å²) in [6, 6.07) is 23.1. The highest BCUT2D eigenvalue weighted by atomic mass is 14.9. The molecule has 0 spiro atoms. The third kappa shape index (κ3) is 2.04. The van der Waals surface area contributed by atoms with Crippen LogP contribution in [0.4, 0.5) is 0 Å². The number of para-hydroxylation sites is 1. The summed E-state index contributed by atoms with van der Waals surface area (Å²) in [5.74, 6) is 0.890. The van der Waals surface area contributed by atoms with E-state index >= 15 is 0 Å².